The zero-order valence-corrected chi connectivity index (χ0v) is 25.9. The fourth-order valence-corrected chi connectivity index (χ4v) is 4.34. The maximum atomic E-state index is 12.6. The molecule has 3 aromatic carbocycles. The normalized spacial score (nSPS) is 10.5. The predicted octanol–water partition coefficient (Wildman–Crippen LogP) is 4.11. The molecular weight excluding hydrogens is 588 g/mol. The van der Waals surface area contributed by atoms with Crippen molar-refractivity contribution in [3.05, 3.63) is 95.1 Å². The van der Waals surface area contributed by atoms with Gasteiger partial charge < -0.3 is 42.1 Å². The Hall–Kier alpha value is -4.94. The van der Waals surface area contributed by atoms with Gasteiger partial charge >= 0.3 is 12.1 Å². The molecule has 12 nitrogen and oxygen atoms in total. The monoisotopic (exact) mass is 632 g/mol. The van der Waals surface area contributed by atoms with Gasteiger partial charge in [0.1, 0.15) is 0 Å². The van der Waals surface area contributed by atoms with Gasteiger partial charge in [-0.25, -0.2) is 9.59 Å². The molecule has 0 aliphatic carbocycles. The molecule has 0 unspecified atom stereocenters. The van der Waals surface area contributed by atoms with Crippen LogP contribution in [0, 0.1) is 0 Å². The highest BCUT2D eigenvalue weighted by molar-refractivity contribution is 5.97. The summed E-state index contributed by atoms with van der Waals surface area (Å²) >= 11 is 0. The van der Waals surface area contributed by atoms with Crippen molar-refractivity contribution in [1.29, 1.82) is 0 Å². The standard InChI is InChI=1S/C34H44N6O6/c41-21-5-1-3-19-35-33(45)39-29-15-7-25(8-16-29)23-37-31(43)27-11-13-28(14-12-27)32(44)38-24-26-9-17-30(18-10-26)40-34(46)36-20-4-2-6-22-42/h7-18,41-42H,1-6,19-24H2,(H,37,43)(H,38,44)(H2,35,39,45)(H2,36,40,46). The van der Waals surface area contributed by atoms with Crippen LogP contribution in [0.3, 0.4) is 0 Å². The van der Waals surface area contributed by atoms with E-state index in [-0.39, 0.29) is 37.1 Å². The van der Waals surface area contributed by atoms with Gasteiger partial charge in [-0.1, -0.05) is 24.3 Å². The molecule has 0 saturated heterocycles. The third kappa shape index (κ3) is 13.4. The Bertz CT molecular complexity index is 1270. The SMILES string of the molecule is O=C(NCCCCCO)Nc1ccc(CNC(=O)c2ccc(C(=O)NCc3ccc(NC(=O)NCCCCCO)cc3)cc2)cc1. The lowest BCUT2D eigenvalue weighted by Gasteiger charge is -2.10. The topological polar surface area (TPSA) is 181 Å². The van der Waals surface area contributed by atoms with E-state index in [4.69, 9.17) is 10.2 Å². The van der Waals surface area contributed by atoms with Gasteiger partial charge in [0.2, 0.25) is 0 Å². The Morgan fingerprint density at radius 2 is 0.826 bits per heavy atom. The fraction of sp³-hybridized carbons (Fsp3) is 0.353. The average Bonchev–Trinajstić information content (AvgIpc) is 3.07. The summed E-state index contributed by atoms with van der Waals surface area (Å²) in [5.41, 5.74) is 3.82. The first-order valence-corrected chi connectivity index (χ1v) is 15.5. The molecule has 8 N–H and O–H groups in total. The molecule has 246 valence electrons. The summed E-state index contributed by atoms with van der Waals surface area (Å²) in [6.07, 6.45) is 4.75. The number of nitrogens with one attached hydrogen (secondary N) is 6. The van der Waals surface area contributed by atoms with Crippen LogP contribution in [0.15, 0.2) is 72.8 Å². The summed E-state index contributed by atoms with van der Waals surface area (Å²) in [6, 6.07) is 20.1. The summed E-state index contributed by atoms with van der Waals surface area (Å²) < 4.78 is 0. The van der Waals surface area contributed by atoms with E-state index in [1.54, 1.807) is 48.5 Å². The van der Waals surface area contributed by atoms with E-state index in [1.165, 1.54) is 0 Å². The van der Waals surface area contributed by atoms with Crippen LogP contribution in [0.1, 0.15) is 70.4 Å². The van der Waals surface area contributed by atoms with Crippen molar-refractivity contribution < 1.29 is 29.4 Å². The van der Waals surface area contributed by atoms with Crippen LogP contribution in [-0.4, -0.2) is 60.4 Å². The van der Waals surface area contributed by atoms with Gasteiger partial charge in [0.15, 0.2) is 0 Å². The van der Waals surface area contributed by atoms with Crippen molar-refractivity contribution in [2.75, 3.05) is 36.9 Å². The van der Waals surface area contributed by atoms with E-state index < -0.39 is 0 Å². The molecule has 3 rings (SSSR count). The molecule has 0 aliphatic rings. The molecule has 0 heterocycles. The molecule has 3 aromatic rings. The maximum Gasteiger partial charge on any atom is 0.319 e. The number of carbonyl (C=O) groups excluding carboxylic acids is 4. The molecule has 0 fully saturated rings. The van der Waals surface area contributed by atoms with Crippen LogP contribution in [0.5, 0.6) is 0 Å². The molecule has 0 aromatic heterocycles. The summed E-state index contributed by atoms with van der Waals surface area (Å²) in [5, 5.41) is 34.4. The second-order valence-corrected chi connectivity index (χ2v) is 10.7. The minimum atomic E-state index is -0.297. The molecule has 46 heavy (non-hydrogen) atoms. The number of anilines is 2. The van der Waals surface area contributed by atoms with E-state index in [9.17, 15) is 19.2 Å². The molecular formula is C34H44N6O6. The van der Waals surface area contributed by atoms with Crippen LogP contribution in [0.2, 0.25) is 0 Å². The Kier molecular flexibility index (Phi) is 15.6. The van der Waals surface area contributed by atoms with E-state index >= 15 is 0 Å². The number of unbranched alkanes of at least 4 members (excludes halogenated alkanes) is 4. The highest BCUT2D eigenvalue weighted by Crippen LogP contribution is 2.12. The lowest BCUT2D eigenvalue weighted by molar-refractivity contribution is 0.0939. The zero-order valence-electron chi connectivity index (χ0n) is 25.9. The second-order valence-electron chi connectivity index (χ2n) is 10.7. The molecule has 0 spiro atoms. The fourth-order valence-electron chi connectivity index (χ4n) is 4.34. The number of urea groups is 2. The van der Waals surface area contributed by atoms with Gasteiger partial charge in [-0.3, -0.25) is 9.59 Å². The number of hydrogen-bond donors (Lipinski definition) is 8. The lowest BCUT2D eigenvalue weighted by Crippen LogP contribution is -2.29. The zero-order chi connectivity index (χ0) is 33.0. The van der Waals surface area contributed by atoms with Crippen LogP contribution in [0.4, 0.5) is 21.0 Å². The molecule has 0 bridgehead atoms. The quantitative estimate of drug-likeness (QED) is 0.0977. The van der Waals surface area contributed by atoms with Crippen LogP contribution < -0.4 is 31.9 Å². The minimum Gasteiger partial charge on any atom is -0.396 e. The molecule has 0 atom stereocenters. The van der Waals surface area contributed by atoms with Crippen molar-refractivity contribution in [3.8, 4) is 0 Å². The van der Waals surface area contributed by atoms with E-state index in [2.05, 4.69) is 31.9 Å². The number of rotatable bonds is 18. The summed E-state index contributed by atoms with van der Waals surface area (Å²) in [6.45, 7) is 1.97. The highest BCUT2D eigenvalue weighted by Gasteiger charge is 2.10. The third-order valence-corrected chi connectivity index (χ3v) is 6.98. The molecule has 6 amide bonds. The van der Waals surface area contributed by atoms with E-state index in [1.807, 2.05) is 24.3 Å². The minimum absolute atomic E-state index is 0.154. The second kappa shape index (κ2) is 20.2. The van der Waals surface area contributed by atoms with Crippen molar-refractivity contribution in [1.82, 2.24) is 21.3 Å². The maximum absolute atomic E-state index is 12.6. The molecule has 0 saturated carbocycles. The number of benzene rings is 3. The first-order chi connectivity index (χ1) is 22.4. The predicted molar refractivity (Wildman–Crippen MR) is 178 cm³/mol. The van der Waals surface area contributed by atoms with Crippen LogP contribution >= 0.6 is 0 Å². The smallest absolute Gasteiger partial charge is 0.319 e. The first-order valence-electron chi connectivity index (χ1n) is 15.5. The van der Waals surface area contributed by atoms with Gasteiger partial charge in [0, 0.05) is 61.9 Å². The molecule has 0 aliphatic heterocycles. The van der Waals surface area contributed by atoms with Crippen LogP contribution in [0.25, 0.3) is 0 Å². The Balaban J connectivity index is 1.36. The summed E-state index contributed by atoms with van der Waals surface area (Å²) in [7, 11) is 0. The van der Waals surface area contributed by atoms with Crippen LogP contribution in [-0.2, 0) is 13.1 Å². The van der Waals surface area contributed by atoms with Crippen molar-refractivity contribution in [2.45, 2.75) is 51.6 Å². The number of amides is 6. The largest absolute Gasteiger partial charge is 0.396 e. The van der Waals surface area contributed by atoms with Gasteiger partial charge in [0.05, 0.1) is 0 Å². The lowest BCUT2D eigenvalue weighted by atomic mass is 10.1. The summed E-state index contributed by atoms with van der Waals surface area (Å²) in [5.74, 6) is -0.558. The van der Waals surface area contributed by atoms with E-state index in [0.717, 1.165) is 49.7 Å². The van der Waals surface area contributed by atoms with Gasteiger partial charge in [-0.15, -0.1) is 0 Å². The molecule has 12 heteroatoms. The van der Waals surface area contributed by atoms with E-state index in [0.29, 0.717) is 48.7 Å². The first kappa shape index (κ1) is 35.5. The third-order valence-electron chi connectivity index (χ3n) is 6.98. The van der Waals surface area contributed by atoms with Crippen molar-refractivity contribution in [3.63, 3.8) is 0 Å². The summed E-state index contributed by atoms with van der Waals surface area (Å²) in [4.78, 5) is 49.3. The molecule has 0 radical (unpaired) electrons. The Labute approximate surface area is 269 Å². The Morgan fingerprint density at radius 3 is 1.17 bits per heavy atom. The number of carbonyl (C=O) groups is 4. The van der Waals surface area contributed by atoms with Gasteiger partial charge in [-0.2, -0.15) is 0 Å². The Morgan fingerprint density at radius 1 is 0.457 bits per heavy atom. The van der Waals surface area contributed by atoms with Crippen molar-refractivity contribution in [2.24, 2.45) is 0 Å². The number of hydrogen-bond acceptors (Lipinski definition) is 6. The average molecular weight is 633 g/mol. The number of aliphatic hydroxyl groups excluding tert-OH is 2. The van der Waals surface area contributed by atoms with Gasteiger partial charge in [-0.05, 0) is 98.2 Å². The highest BCUT2D eigenvalue weighted by atomic mass is 16.3. The van der Waals surface area contributed by atoms with Crippen molar-refractivity contribution >= 4 is 35.3 Å². The number of aliphatic hydroxyl groups is 2. The van der Waals surface area contributed by atoms with Gasteiger partial charge in [0.25, 0.3) is 11.8 Å².